The number of rotatable bonds is 21. The lowest BCUT2D eigenvalue weighted by molar-refractivity contribution is -0.151. The maximum Gasteiger partial charge on any atom is 0.347 e. The molecule has 1 unspecified atom stereocenters. The highest BCUT2D eigenvalue weighted by Gasteiger charge is 2.16. The highest BCUT2D eigenvalue weighted by Crippen LogP contribution is 2.24. The van der Waals surface area contributed by atoms with Crippen molar-refractivity contribution in [2.75, 3.05) is 6.61 Å². The first-order valence-corrected chi connectivity index (χ1v) is 16.5. The molecule has 0 fully saturated rings. The van der Waals surface area contributed by atoms with E-state index in [1.165, 1.54) is 69.8 Å². The molecule has 0 aliphatic rings. The number of carbonyl (C=O) groups excluding carboxylic acids is 1. The van der Waals surface area contributed by atoms with Gasteiger partial charge in [-0.3, -0.25) is 0 Å². The van der Waals surface area contributed by atoms with Gasteiger partial charge in [0.1, 0.15) is 5.75 Å². The second kappa shape index (κ2) is 19.8. The molecule has 0 saturated carbocycles. The molecule has 2 aromatic carbocycles. The van der Waals surface area contributed by atoms with E-state index < -0.39 is 6.10 Å². The average Bonchev–Trinajstić information content (AvgIpc) is 3.02. The van der Waals surface area contributed by atoms with Crippen LogP contribution in [0.5, 0.6) is 5.75 Å². The van der Waals surface area contributed by atoms with E-state index >= 15 is 0 Å². The SMILES string of the molecule is CCCCCCCCCCCCc1ccc(-c2cnc(-c3ccc(OC(C)C(=O)OCCCCCC)cc3)nc2)cc1. The molecule has 0 saturated heterocycles. The zero-order valence-electron chi connectivity index (χ0n) is 26.3. The van der Waals surface area contributed by atoms with Gasteiger partial charge in [-0.05, 0) is 61.6 Å². The van der Waals surface area contributed by atoms with Crippen LogP contribution in [-0.2, 0) is 16.0 Å². The molecule has 42 heavy (non-hydrogen) atoms. The van der Waals surface area contributed by atoms with Gasteiger partial charge >= 0.3 is 5.97 Å². The fourth-order valence-electron chi connectivity index (χ4n) is 5.06. The summed E-state index contributed by atoms with van der Waals surface area (Å²) in [5.74, 6) is 0.937. The summed E-state index contributed by atoms with van der Waals surface area (Å²) in [7, 11) is 0. The largest absolute Gasteiger partial charge is 0.479 e. The Kier molecular flexibility index (Phi) is 15.7. The Morgan fingerprint density at radius 1 is 0.643 bits per heavy atom. The molecule has 1 aromatic heterocycles. The summed E-state index contributed by atoms with van der Waals surface area (Å²) < 4.78 is 11.1. The van der Waals surface area contributed by atoms with Crippen LogP contribution in [-0.4, -0.2) is 28.6 Å². The third-order valence-corrected chi connectivity index (χ3v) is 7.76. The van der Waals surface area contributed by atoms with Crippen molar-refractivity contribution in [3.63, 3.8) is 0 Å². The molecule has 5 heteroatoms. The molecule has 3 rings (SSSR count). The minimum atomic E-state index is -0.654. The Hall–Kier alpha value is -3.21. The summed E-state index contributed by atoms with van der Waals surface area (Å²) in [6, 6.07) is 16.3. The molecule has 1 atom stereocenters. The number of benzene rings is 2. The van der Waals surface area contributed by atoms with Gasteiger partial charge in [0.25, 0.3) is 0 Å². The predicted octanol–water partition coefficient (Wildman–Crippen LogP) is 10.2. The molecule has 3 aromatic rings. The van der Waals surface area contributed by atoms with E-state index in [0.717, 1.165) is 48.8 Å². The van der Waals surface area contributed by atoms with Crippen LogP contribution in [0.2, 0.25) is 0 Å². The molecule has 0 aliphatic carbocycles. The Labute approximate surface area is 254 Å². The summed E-state index contributed by atoms with van der Waals surface area (Å²) >= 11 is 0. The molecule has 0 spiro atoms. The van der Waals surface area contributed by atoms with Crippen LogP contribution in [0.25, 0.3) is 22.5 Å². The predicted molar refractivity (Wildman–Crippen MR) is 174 cm³/mol. The van der Waals surface area contributed by atoms with Crippen molar-refractivity contribution in [1.29, 1.82) is 0 Å². The van der Waals surface area contributed by atoms with E-state index in [1.54, 1.807) is 6.92 Å². The summed E-state index contributed by atoms with van der Waals surface area (Å²) in [5, 5.41) is 0. The van der Waals surface area contributed by atoms with Crippen molar-refractivity contribution >= 4 is 5.97 Å². The van der Waals surface area contributed by atoms with Crippen LogP contribution < -0.4 is 4.74 Å². The number of nitrogens with zero attached hydrogens (tertiary/aromatic N) is 2. The van der Waals surface area contributed by atoms with Gasteiger partial charge < -0.3 is 9.47 Å². The zero-order chi connectivity index (χ0) is 29.8. The van der Waals surface area contributed by atoms with Crippen LogP contribution >= 0.6 is 0 Å². The van der Waals surface area contributed by atoms with E-state index in [2.05, 4.69) is 48.1 Å². The fourth-order valence-corrected chi connectivity index (χ4v) is 5.06. The normalized spacial score (nSPS) is 11.8. The van der Waals surface area contributed by atoms with Crippen molar-refractivity contribution in [2.45, 2.75) is 123 Å². The minimum Gasteiger partial charge on any atom is -0.479 e. The number of hydrogen-bond donors (Lipinski definition) is 0. The van der Waals surface area contributed by atoms with Gasteiger partial charge in [0.2, 0.25) is 0 Å². The summed E-state index contributed by atoms with van der Waals surface area (Å²) in [4.78, 5) is 21.4. The van der Waals surface area contributed by atoms with Crippen LogP contribution in [0.3, 0.4) is 0 Å². The first-order valence-electron chi connectivity index (χ1n) is 16.5. The molecule has 5 nitrogen and oxygen atoms in total. The Bertz CT molecular complexity index is 1130. The van der Waals surface area contributed by atoms with Crippen molar-refractivity contribution in [1.82, 2.24) is 9.97 Å². The van der Waals surface area contributed by atoms with Gasteiger partial charge in [0, 0.05) is 23.5 Å². The monoisotopic (exact) mass is 572 g/mol. The first kappa shape index (κ1) is 33.3. The molecule has 1 heterocycles. The van der Waals surface area contributed by atoms with Crippen molar-refractivity contribution < 1.29 is 14.3 Å². The lowest BCUT2D eigenvalue weighted by atomic mass is 10.0. The van der Waals surface area contributed by atoms with E-state index in [4.69, 9.17) is 9.47 Å². The topological polar surface area (TPSA) is 61.3 Å². The van der Waals surface area contributed by atoms with Gasteiger partial charge in [-0.25, -0.2) is 14.8 Å². The van der Waals surface area contributed by atoms with Crippen molar-refractivity contribution in [3.05, 3.63) is 66.5 Å². The number of hydrogen-bond acceptors (Lipinski definition) is 5. The van der Waals surface area contributed by atoms with Gasteiger partial charge in [0.15, 0.2) is 11.9 Å². The van der Waals surface area contributed by atoms with E-state index in [9.17, 15) is 4.79 Å². The second-order valence-corrected chi connectivity index (χ2v) is 11.4. The summed E-state index contributed by atoms with van der Waals surface area (Å²) in [6.45, 7) is 6.60. The molecule has 0 N–H and O–H groups in total. The van der Waals surface area contributed by atoms with Gasteiger partial charge in [-0.1, -0.05) is 115 Å². The fraction of sp³-hybridized carbons (Fsp3) is 0.541. The smallest absolute Gasteiger partial charge is 0.347 e. The van der Waals surface area contributed by atoms with E-state index in [-0.39, 0.29) is 5.97 Å². The third-order valence-electron chi connectivity index (χ3n) is 7.76. The van der Waals surface area contributed by atoms with E-state index in [0.29, 0.717) is 18.2 Å². The highest BCUT2D eigenvalue weighted by molar-refractivity contribution is 5.74. The number of aryl methyl sites for hydroxylation is 1. The lowest BCUT2D eigenvalue weighted by Crippen LogP contribution is -2.26. The standard InChI is InChI=1S/C37H52N2O3/c1-4-6-8-10-11-12-13-14-15-16-18-31-19-21-32(22-20-31)34-28-38-36(39-29-34)33-23-25-35(26-24-33)42-30(3)37(40)41-27-17-9-7-5-2/h19-26,28-30H,4-18,27H2,1-3H3. The second-order valence-electron chi connectivity index (χ2n) is 11.4. The molecular weight excluding hydrogens is 520 g/mol. The average molecular weight is 573 g/mol. The molecule has 0 aliphatic heterocycles. The van der Waals surface area contributed by atoms with Crippen molar-refractivity contribution in [2.24, 2.45) is 0 Å². The Morgan fingerprint density at radius 3 is 1.76 bits per heavy atom. The van der Waals surface area contributed by atoms with Gasteiger partial charge in [0.05, 0.1) is 6.61 Å². The van der Waals surface area contributed by atoms with E-state index in [1.807, 2.05) is 36.7 Å². The van der Waals surface area contributed by atoms with Crippen LogP contribution in [0.15, 0.2) is 60.9 Å². The van der Waals surface area contributed by atoms with Crippen LogP contribution in [0.1, 0.15) is 116 Å². The van der Waals surface area contributed by atoms with Gasteiger partial charge in [-0.2, -0.15) is 0 Å². The summed E-state index contributed by atoms with van der Waals surface area (Å²) in [5.41, 5.74) is 4.43. The first-order chi connectivity index (χ1) is 20.6. The molecule has 0 amide bonds. The number of ether oxygens (including phenoxy) is 2. The highest BCUT2D eigenvalue weighted by atomic mass is 16.6. The summed E-state index contributed by atoms with van der Waals surface area (Å²) in [6.07, 6.45) is 22.2. The molecule has 228 valence electrons. The number of esters is 1. The Balaban J connectivity index is 1.39. The molecular formula is C37H52N2O3. The molecule has 0 radical (unpaired) electrons. The Morgan fingerprint density at radius 2 is 1.17 bits per heavy atom. The van der Waals surface area contributed by atoms with Crippen LogP contribution in [0, 0.1) is 0 Å². The number of aromatic nitrogens is 2. The van der Waals surface area contributed by atoms with Crippen LogP contribution in [0.4, 0.5) is 0 Å². The maximum absolute atomic E-state index is 12.2. The minimum absolute atomic E-state index is 0.332. The maximum atomic E-state index is 12.2. The van der Waals surface area contributed by atoms with Gasteiger partial charge in [-0.15, -0.1) is 0 Å². The number of carbonyl (C=O) groups is 1. The lowest BCUT2D eigenvalue weighted by Gasteiger charge is -2.14. The molecule has 0 bridgehead atoms. The quantitative estimate of drug-likeness (QED) is 0.0938. The zero-order valence-corrected chi connectivity index (χ0v) is 26.3. The third kappa shape index (κ3) is 12.3. The number of unbranched alkanes of at least 4 members (excludes halogenated alkanes) is 12. The van der Waals surface area contributed by atoms with Crippen molar-refractivity contribution in [3.8, 4) is 28.3 Å².